The Labute approximate surface area is 183 Å². The quantitative estimate of drug-likeness (QED) is 0.429. The van der Waals surface area contributed by atoms with Crippen molar-refractivity contribution < 1.29 is 23.9 Å². The molecule has 2 rings (SSSR count). The number of hydrogen-bond acceptors (Lipinski definition) is 8. The molecule has 2 amide bonds. The lowest BCUT2D eigenvalue weighted by molar-refractivity contribution is -0.394. The smallest absolute Gasteiger partial charge is 0.277 e. The molecule has 12 nitrogen and oxygen atoms in total. The van der Waals surface area contributed by atoms with Gasteiger partial charge >= 0.3 is 0 Å². The molecule has 0 atom stereocenters. The molecule has 12 heteroatoms. The molecule has 2 aromatic rings. The zero-order valence-corrected chi connectivity index (χ0v) is 18.2. The summed E-state index contributed by atoms with van der Waals surface area (Å²) >= 11 is 0. The van der Waals surface area contributed by atoms with Crippen molar-refractivity contribution in [3.05, 3.63) is 61.8 Å². The van der Waals surface area contributed by atoms with Crippen LogP contribution in [0.4, 0.5) is 11.4 Å². The molecule has 1 aromatic carbocycles. The maximum Gasteiger partial charge on any atom is 0.277 e. The summed E-state index contributed by atoms with van der Waals surface area (Å²) in [6, 6.07) is 2.77. The third-order valence-corrected chi connectivity index (χ3v) is 4.23. The molecule has 1 heterocycles. The molecular weight excluding hydrogens is 422 g/mol. The Morgan fingerprint density at radius 1 is 1.06 bits per heavy atom. The number of carbonyl (C=O) groups excluding carboxylic acids is 2. The van der Waals surface area contributed by atoms with E-state index in [0.29, 0.717) is 6.54 Å². The van der Waals surface area contributed by atoms with E-state index in [0.717, 1.165) is 18.2 Å². The molecule has 0 aliphatic heterocycles. The van der Waals surface area contributed by atoms with Gasteiger partial charge in [0.1, 0.15) is 6.26 Å². The molecule has 0 aliphatic carbocycles. The molecule has 0 radical (unpaired) electrons. The molecule has 1 N–H and O–H groups in total. The molecule has 0 fully saturated rings. The van der Waals surface area contributed by atoms with Crippen LogP contribution in [0, 0.1) is 32.1 Å². The van der Waals surface area contributed by atoms with Crippen molar-refractivity contribution in [1.29, 1.82) is 0 Å². The first-order valence-electron chi connectivity index (χ1n) is 9.93. The van der Waals surface area contributed by atoms with Crippen molar-refractivity contribution >= 4 is 23.2 Å². The largest absolute Gasteiger partial charge is 0.446 e. The highest BCUT2D eigenvalue weighted by atomic mass is 16.6. The Morgan fingerprint density at radius 3 is 2.16 bits per heavy atom. The predicted molar refractivity (Wildman–Crippen MR) is 113 cm³/mol. The fraction of sp³-hybridized carbons (Fsp3) is 0.450. The minimum Gasteiger partial charge on any atom is -0.446 e. The normalized spacial score (nSPS) is 10.9. The molecule has 32 heavy (non-hydrogen) atoms. The molecular formula is C20H25N5O7. The molecule has 0 aliphatic rings. The number of amides is 2. The molecule has 0 unspecified atom stereocenters. The van der Waals surface area contributed by atoms with Crippen molar-refractivity contribution in [2.45, 2.75) is 34.2 Å². The number of aromatic nitrogens is 1. The fourth-order valence-electron chi connectivity index (χ4n) is 2.81. The van der Waals surface area contributed by atoms with Crippen LogP contribution in [0.25, 0.3) is 0 Å². The van der Waals surface area contributed by atoms with Crippen molar-refractivity contribution in [3.63, 3.8) is 0 Å². The van der Waals surface area contributed by atoms with Gasteiger partial charge in [-0.05, 0) is 11.8 Å². The molecule has 172 valence electrons. The lowest BCUT2D eigenvalue weighted by Crippen LogP contribution is -2.34. The van der Waals surface area contributed by atoms with Gasteiger partial charge in [-0.15, -0.1) is 0 Å². The van der Waals surface area contributed by atoms with Gasteiger partial charge in [0.15, 0.2) is 5.69 Å². The van der Waals surface area contributed by atoms with Crippen molar-refractivity contribution in [2.24, 2.45) is 11.8 Å². The monoisotopic (exact) mass is 447 g/mol. The van der Waals surface area contributed by atoms with Crippen LogP contribution < -0.4 is 5.32 Å². The maximum absolute atomic E-state index is 13.1. The molecule has 0 saturated carbocycles. The second-order valence-corrected chi connectivity index (χ2v) is 8.06. The number of rotatable bonds is 10. The number of non-ortho nitro benzene ring substituents is 2. The lowest BCUT2D eigenvalue weighted by Gasteiger charge is -2.23. The summed E-state index contributed by atoms with van der Waals surface area (Å²) in [6.07, 6.45) is 1.18. The topological polar surface area (TPSA) is 162 Å². The van der Waals surface area contributed by atoms with Crippen LogP contribution >= 0.6 is 0 Å². The van der Waals surface area contributed by atoms with Crippen LogP contribution in [0.2, 0.25) is 0 Å². The average Bonchev–Trinajstić information content (AvgIpc) is 3.18. The van der Waals surface area contributed by atoms with E-state index in [1.54, 1.807) is 0 Å². The Kier molecular flexibility index (Phi) is 7.99. The van der Waals surface area contributed by atoms with Gasteiger partial charge in [-0.25, -0.2) is 4.98 Å². The summed E-state index contributed by atoms with van der Waals surface area (Å²) in [4.78, 5) is 51.3. The van der Waals surface area contributed by atoms with Gasteiger partial charge in [0.2, 0.25) is 5.89 Å². The highest BCUT2D eigenvalue weighted by Gasteiger charge is 2.25. The first kappa shape index (κ1) is 24.4. The summed E-state index contributed by atoms with van der Waals surface area (Å²) in [6.45, 7) is 8.18. The van der Waals surface area contributed by atoms with E-state index in [2.05, 4.69) is 10.3 Å². The van der Waals surface area contributed by atoms with Crippen LogP contribution in [0.5, 0.6) is 0 Å². The minimum absolute atomic E-state index is 0.0106. The summed E-state index contributed by atoms with van der Waals surface area (Å²) in [7, 11) is 0. The second-order valence-electron chi connectivity index (χ2n) is 8.06. The minimum atomic E-state index is -0.799. The summed E-state index contributed by atoms with van der Waals surface area (Å²) in [5, 5.41) is 25.0. The van der Waals surface area contributed by atoms with Crippen molar-refractivity contribution in [2.75, 3.05) is 13.1 Å². The number of benzene rings is 1. The summed E-state index contributed by atoms with van der Waals surface area (Å²) in [5.74, 6) is -0.715. The van der Waals surface area contributed by atoms with Crippen LogP contribution in [0.1, 0.15) is 54.4 Å². The lowest BCUT2D eigenvalue weighted by atomic mass is 10.1. The summed E-state index contributed by atoms with van der Waals surface area (Å²) in [5.41, 5.74) is -1.27. The number of carbonyl (C=O) groups is 2. The van der Waals surface area contributed by atoms with Crippen molar-refractivity contribution in [3.8, 4) is 0 Å². The number of hydrogen-bond donors (Lipinski definition) is 1. The van der Waals surface area contributed by atoms with E-state index in [9.17, 15) is 29.8 Å². The third kappa shape index (κ3) is 6.59. The van der Waals surface area contributed by atoms with Gasteiger partial charge in [0.05, 0.1) is 28.0 Å². The average molecular weight is 447 g/mol. The Hall–Kier alpha value is -3.83. The Bertz CT molecular complexity index is 983. The van der Waals surface area contributed by atoms with Crippen LogP contribution in [0.3, 0.4) is 0 Å². The fourth-order valence-corrected chi connectivity index (χ4v) is 2.81. The predicted octanol–water partition coefficient (Wildman–Crippen LogP) is 3.18. The summed E-state index contributed by atoms with van der Waals surface area (Å²) < 4.78 is 5.33. The molecule has 1 aromatic heterocycles. The zero-order chi connectivity index (χ0) is 24.0. The van der Waals surface area contributed by atoms with E-state index in [1.807, 2.05) is 27.7 Å². The maximum atomic E-state index is 13.1. The zero-order valence-electron chi connectivity index (χ0n) is 18.2. The Balaban J connectivity index is 2.29. The van der Waals surface area contributed by atoms with E-state index in [-0.39, 0.29) is 42.1 Å². The standard InChI is InChI=1S/C20H25N5O7/c1-12(2)8-21-19(26)17-11-32-18(22-17)10-23(9-13(3)4)20(27)14-5-15(24(28)29)7-16(6-14)25(30)31/h5-7,11-13H,8-10H2,1-4H3,(H,21,26). The van der Waals surface area contributed by atoms with E-state index in [1.165, 1.54) is 11.2 Å². The molecule has 0 spiro atoms. The van der Waals surface area contributed by atoms with Crippen LogP contribution in [-0.4, -0.2) is 44.6 Å². The third-order valence-electron chi connectivity index (χ3n) is 4.23. The van der Waals surface area contributed by atoms with E-state index in [4.69, 9.17) is 4.42 Å². The van der Waals surface area contributed by atoms with Crippen molar-refractivity contribution in [1.82, 2.24) is 15.2 Å². The van der Waals surface area contributed by atoms with Gasteiger partial charge in [-0.3, -0.25) is 29.8 Å². The van der Waals surface area contributed by atoms with Gasteiger partial charge in [-0.1, -0.05) is 27.7 Å². The van der Waals surface area contributed by atoms with Gasteiger partial charge < -0.3 is 14.6 Å². The second kappa shape index (κ2) is 10.5. The van der Waals surface area contributed by atoms with Crippen LogP contribution in [0.15, 0.2) is 28.9 Å². The number of nitro groups is 2. The number of nitrogens with one attached hydrogen (secondary N) is 1. The number of nitrogens with zero attached hydrogens (tertiary/aromatic N) is 4. The molecule has 0 saturated heterocycles. The van der Waals surface area contributed by atoms with Gasteiger partial charge in [0.25, 0.3) is 23.2 Å². The van der Waals surface area contributed by atoms with E-state index >= 15 is 0 Å². The highest BCUT2D eigenvalue weighted by molar-refractivity contribution is 5.95. The van der Waals surface area contributed by atoms with E-state index < -0.39 is 33.0 Å². The van der Waals surface area contributed by atoms with Gasteiger partial charge in [0, 0.05) is 25.2 Å². The highest BCUT2D eigenvalue weighted by Crippen LogP contribution is 2.24. The first-order valence-corrected chi connectivity index (χ1v) is 9.93. The SMILES string of the molecule is CC(C)CNC(=O)c1coc(CN(CC(C)C)C(=O)c2cc([N+](=O)[O-])cc([N+](=O)[O-])c2)n1. The Morgan fingerprint density at radius 2 is 1.66 bits per heavy atom. The first-order chi connectivity index (χ1) is 15.0. The van der Waals surface area contributed by atoms with Gasteiger partial charge in [-0.2, -0.15) is 0 Å². The molecule has 0 bridgehead atoms. The number of nitro benzene ring substituents is 2. The van der Waals surface area contributed by atoms with Crippen LogP contribution in [-0.2, 0) is 6.54 Å². The number of oxazole rings is 1.